The highest BCUT2D eigenvalue weighted by atomic mass is 19.1. The van der Waals surface area contributed by atoms with Gasteiger partial charge in [0.15, 0.2) is 6.61 Å². The molecule has 0 fully saturated rings. The molecular formula is C16H17FN2O2. The lowest BCUT2D eigenvalue weighted by Gasteiger charge is -2.28. The molecule has 21 heavy (non-hydrogen) atoms. The van der Waals surface area contributed by atoms with E-state index in [1.54, 1.807) is 0 Å². The van der Waals surface area contributed by atoms with Gasteiger partial charge in [0.25, 0.3) is 5.91 Å². The third-order valence-electron chi connectivity index (χ3n) is 4.46. The molecule has 0 radical (unpaired) electrons. The molecule has 110 valence electrons. The topological polar surface area (TPSA) is 43.3 Å². The molecule has 3 aliphatic rings. The van der Waals surface area contributed by atoms with Crippen molar-refractivity contribution >= 4 is 5.91 Å². The minimum Gasteiger partial charge on any atom is -0.482 e. The SMILES string of the molecule is O=C1COC2=C(CC(n3cc4c(c3)CCCC4)C(F)=C2)N1. The molecule has 1 aromatic rings. The number of allylic oxidation sites excluding steroid dienone is 3. The van der Waals surface area contributed by atoms with Crippen LogP contribution in [0.1, 0.15) is 36.4 Å². The molecule has 1 aliphatic heterocycles. The number of hydrogen-bond acceptors (Lipinski definition) is 2. The fourth-order valence-electron chi connectivity index (χ4n) is 3.36. The average Bonchev–Trinajstić information content (AvgIpc) is 2.90. The molecule has 1 amide bonds. The number of nitrogens with one attached hydrogen (secondary N) is 1. The molecule has 0 saturated heterocycles. The predicted molar refractivity (Wildman–Crippen MR) is 75.0 cm³/mol. The van der Waals surface area contributed by atoms with Crippen molar-refractivity contribution in [3.8, 4) is 0 Å². The lowest BCUT2D eigenvalue weighted by atomic mass is 9.96. The van der Waals surface area contributed by atoms with Crippen LogP contribution in [-0.4, -0.2) is 17.1 Å². The summed E-state index contributed by atoms with van der Waals surface area (Å²) in [7, 11) is 0. The fraction of sp³-hybridized carbons (Fsp3) is 0.438. The fourth-order valence-corrected chi connectivity index (χ4v) is 3.36. The maximum Gasteiger partial charge on any atom is 0.262 e. The average molecular weight is 288 g/mol. The number of carbonyl (C=O) groups excluding carboxylic acids is 1. The number of ether oxygens (including phenoxy) is 1. The molecule has 0 saturated carbocycles. The summed E-state index contributed by atoms with van der Waals surface area (Å²) < 4.78 is 21.6. The number of nitrogens with zero attached hydrogens (tertiary/aromatic N) is 1. The molecule has 0 aromatic carbocycles. The van der Waals surface area contributed by atoms with E-state index in [0.717, 1.165) is 12.8 Å². The zero-order valence-electron chi connectivity index (χ0n) is 11.7. The summed E-state index contributed by atoms with van der Waals surface area (Å²) in [5, 5.41) is 2.79. The van der Waals surface area contributed by atoms with E-state index >= 15 is 0 Å². The number of amides is 1. The van der Waals surface area contributed by atoms with E-state index in [2.05, 4.69) is 17.7 Å². The molecular weight excluding hydrogens is 271 g/mol. The molecule has 4 rings (SSSR count). The van der Waals surface area contributed by atoms with E-state index in [-0.39, 0.29) is 24.4 Å². The molecule has 4 nitrogen and oxygen atoms in total. The van der Waals surface area contributed by atoms with E-state index in [1.165, 1.54) is 30.0 Å². The Morgan fingerprint density at radius 3 is 2.67 bits per heavy atom. The normalized spacial score (nSPS) is 24.7. The van der Waals surface area contributed by atoms with Crippen molar-refractivity contribution in [3.63, 3.8) is 0 Å². The van der Waals surface area contributed by atoms with Gasteiger partial charge in [-0.2, -0.15) is 0 Å². The van der Waals surface area contributed by atoms with E-state index in [0.29, 0.717) is 17.9 Å². The second-order valence-electron chi connectivity index (χ2n) is 5.89. The van der Waals surface area contributed by atoms with Gasteiger partial charge < -0.3 is 14.6 Å². The Labute approximate surface area is 122 Å². The zero-order valence-corrected chi connectivity index (χ0v) is 11.7. The number of fused-ring (bicyclic) bond motifs is 1. The molecule has 1 unspecified atom stereocenters. The number of halogens is 1. The van der Waals surface area contributed by atoms with Gasteiger partial charge in [0.1, 0.15) is 11.6 Å². The van der Waals surface area contributed by atoms with Crippen LogP contribution in [0, 0.1) is 0 Å². The van der Waals surface area contributed by atoms with E-state index in [9.17, 15) is 9.18 Å². The van der Waals surface area contributed by atoms with Gasteiger partial charge in [0.2, 0.25) is 0 Å². The highest BCUT2D eigenvalue weighted by Crippen LogP contribution is 2.36. The number of aromatic nitrogens is 1. The number of hydrogen-bond donors (Lipinski definition) is 1. The minimum atomic E-state index is -0.378. The lowest BCUT2D eigenvalue weighted by molar-refractivity contribution is -0.125. The number of carbonyl (C=O) groups is 1. The van der Waals surface area contributed by atoms with Crippen LogP contribution in [0.4, 0.5) is 4.39 Å². The van der Waals surface area contributed by atoms with E-state index in [1.807, 2.05) is 4.57 Å². The smallest absolute Gasteiger partial charge is 0.262 e. The van der Waals surface area contributed by atoms with Crippen molar-refractivity contribution in [2.24, 2.45) is 0 Å². The highest BCUT2D eigenvalue weighted by molar-refractivity contribution is 5.80. The van der Waals surface area contributed by atoms with Gasteiger partial charge in [-0.1, -0.05) is 0 Å². The summed E-state index contributed by atoms with van der Waals surface area (Å²) in [6.07, 6.45) is 10.5. The van der Waals surface area contributed by atoms with Crippen LogP contribution in [0.3, 0.4) is 0 Å². The van der Waals surface area contributed by atoms with Crippen LogP contribution < -0.4 is 5.32 Å². The van der Waals surface area contributed by atoms with Gasteiger partial charge in [-0.05, 0) is 36.8 Å². The molecule has 0 bridgehead atoms. The Morgan fingerprint density at radius 2 is 1.95 bits per heavy atom. The van der Waals surface area contributed by atoms with Crippen molar-refractivity contribution in [1.82, 2.24) is 9.88 Å². The van der Waals surface area contributed by atoms with Crippen LogP contribution in [0.25, 0.3) is 0 Å². The third-order valence-corrected chi connectivity index (χ3v) is 4.46. The Bertz CT molecular complexity index is 648. The molecule has 2 heterocycles. The van der Waals surface area contributed by atoms with Crippen LogP contribution in [-0.2, 0) is 22.4 Å². The van der Waals surface area contributed by atoms with Crippen molar-refractivity contribution in [2.45, 2.75) is 38.1 Å². The standard InChI is InChI=1S/C16H17FN2O2/c17-12-5-15-13(18-16(20)9-21-15)6-14(12)19-7-10-3-1-2-4-11(10)8-19/h5,7-8,14H,1-4,6,9H2,(H,18,20). The maximum absolute atomic E-state index is 14.4. The number of aryl methyl sites for hydroxylation is 2. The van der Waals surface area contributed by atoms with Gasteiger partial charge in [-0.25, -0.2) is 4.39 Å². The third kappa shape index (κ3) is 2.17. The van der Waals surface area contributed by atoms with Gasteiger partial charge in [0.05, 0.1) is 11.7 Å². The van der Waals surface area contributed by atoms with Gasteiger partial charge in [-0.3, -0.25) is 4.79 Å². The van der Waals surface area contributed by atoms with E-state index < -0.39 is 0 Å². The molecule has 1 atom stereocenters. The summed E-state index contributed by atoms with van der Waals surface area (Å²) in [4.78, 5) is 11.4. The monoisotopic (exact) mass is 288 g/mol. The lowest BCUT2D eigenvalue weighted by Crippen LogP contribution is -2.35. The van der Waals surface area contributed by atoms with Crippen LogP contribution in [0.15, 0.2) is 35.8 Å². The van der Waals surface area contributed by atoms with Crippen molar-refractivity contribution in [3.05, 3.63) is 46.9 Å². The summed E-state index contributed by atoms with van der Waals surface area (Å²) in [5.74, 6) is 0.0764. The molecule has 1 aromatic heterocycles. The summed E-state index contributed by atoms with van der Waals surface area (Å²) in [6.45, 7) is -0.0366. The molecule has 5 heteroatoms. The number of rotatable bonds is 1. The second-order valence-corrected chi connectivity index (χ2v) is 5.89. The Balaban J connectivity index is 1.65. The first-order valence-electron chi connectivity index (χ1n) is 7.43. The van der Waals surface area contributed by atoms with Crippen molar-refractivity contribution in [2.75, 3.05) is 6.61 Å². The largest absolute Gasteiger partial charge is 0.482 e. The Hall–Kier alpha value is -2.04. The van der Waals surface area contributed by atoms with E-state index in [4.69, 9.17) is 4.74 Å². The molecule has 1 N–H and O–H groups in total. The zero-order chi connectivity index (χ0) is 14.4. The highest BCUT2D eigenvalue weighted by Gasteiger charge is 2.30. The summed E-state index contributed by atoms with van der Waals surface area (Å²) in [6, 6.07) is -0.378. The van der Waals surface area contributed by atoms with Crippen LogP contribution >= 0.6 is 0 Å². The van der Waals surface area contributed by atoms with Gasteiger partial charge >= 0.3 is 0 Å². The first kappa shape index (κ1) is 12.7. The Morgan fingerprint density at radius 1 is 1.24 bits per heavy atom. The minimum absolute atomic E-state index is 0.0366. The second kappa shape index (κ2) is 4.76. The maximum atomic E-state index is 14.4. The van der Waals surface area contributed by atoms with Gasteiger partial charge in [0, 0.05) is 24.9 Å². The predicted octanol–water partition coefficient (Wildman–Crippen LogP) is 2.52. The Kier molecular flexibility index (Phi) is 2.87. The van der Waals surface area contributed by atoms with Crippen LogP contribution in [0.2, 0.25) is 0 Å². The summed E-state index contributed by atoms with van der Waals surface area (Å²) in [5.41, 5.74) is 3.35. The van der Waals surface area contributed by atoms with Crippen molar-refractivity contribution < 1.29 is 13.9 Å². The molecule has 2 aliphatic carbocycles. The summed E-state index contributed by atoms with van der Waals surface area (Å²) >= 11 is 0. The first-order valence-corrected chi connectivity index (χ1v) is 7.43. The van der Waals surface area contributed by atoms with Crippen molar-refractivity contribution in [1.29, 1.82) is 0 Å². The van der Waals surface area contributed by atoms with Crippen LogP contribution in [0.5, 0.6) is 0 Å². The van der Waals surface area contributed by atoms with Gasteiger partial charge in [-0.15, -0.1) is 0 Å². The quantitative estimate of drug-likeness (QED) is 0.863. The molecule has 0 spiro atoms. The first-order chi connectivity index (χ1) is 10.2.